The molecule has 2 aromatic heterocycles. The molecule has 0 atom stereocenters. The van der Waals surface area contributed by atoms with Crippen molar-refractivity contribution in [2.45, 2.75) is 108 Å². The van der Waals surface area contributed by atoms with E-state index in [4.69, 9.17) is 29.9 Å². The van der Waals surface area contributed by atoms with Gasteiger partial charge in [-0.05, 0) is 164 Å². The van der Waals surface area contributed by atoms with Crippen molar-refractivity contribution in [2.24, 2.45) is 11.8 Å². The molecule has 74 heavy (non-hydrogen) atoms. The summed E-state index contributed by atoms with van der Waals surface area (Å²) in [6.07, 6.45) is 3.88. The van der Waals surface area contributed by atoms with Crippen molar-refractivity contribution in [3.63, 3.8) is 0 Å². The van der Waals surface area contributed by atoms with Crippen LogP contribution in [0.1, 0.15) is 85.8 Å². The van der Waals surface area contributed by atoms with Crippen LogP contribution < -0.4 is 19.7 Å². The number of fused-ring (bicyclic) bond motifs is 2. The van der Waals surface area contributed by atoms with Crippen molar-refractivity contribution in [1.29, 1.82) is 0 Å². The molecule has 0 unspecified atom stereocenters. The molecule has 2 fully saturated rings. The third-order valence-electron chi connectivity index (χ3n) is 13.4. The Hall–Kier alpha value is -6.10. The van der Waals surface area contributed by atoms with Crippen LogP contribution in [-0.2, 0) is 72.9 Å². The van der Waals surface area contributed by atoms with Gasteiger partial charge in [0.2, 0.25) is 0 Å². The number of rotatable bonds is 18. The van der Waals surface area contributed by atoms with Crippen molar-refractivity contribution in [1.82, 2.24) is 19.1 Å². The number of benzene rings is 4. The van der Waals surface area contributed by atoms with E-state index in [2.05, 4.69) is 14.6 Å². The number of nitrogens with zero attached hydrogens (tertiary/aromatic N) is 6. The topological polar surface area (TPSA) is 240 Å². The van der Waals surface area contributed by atoms with E-state index in [0.717, 1.165) is 67.8 Å². The molecule has 4 aromatic carbocycles. The normalized spacial score (nSPS) is 15.1. The van der Waals surface area contributed by atoms with Crippen molar-refractivity contribution in [3.8, 4) is 0 Å². The number of hydrogen-bond acceptors (Lipinski definition) is 14. The highest BCUT2D eigenvalue weighted by Gasteiger charge is 2.32. The highest BCUT2D eigenvalue weighted by Crippen LogP contribution is 2.35. The van der Waals surface area contributed by atoms with Gasteiger partial charge >= 0.3 is 5.97 Å². The lowest BCUT2D eigenvalue weighted by molar-refractivity contribution is -0.144. The number of nitrogen functional groups attached to an aromatic ring is 1. The van der Waals surface area contributed by atoms with E-state index < -0.39 is 49.7 Å². The third-order valence-corrected chi connectivity index (χ3v) is 17.2. The van der Waals surface area contributed by atoms with E-state index >= 15 is 0 Å². The number of amides is 1. The van der Waals surface area contributed by atoms with Crippen LogP contribution in [0.2, 0.25) is 0 Å². The Morgan fingerprint density at radius 1 is 0.716 bits per heavy atom. The predicted molar refractivity (Wildman–Crippen MR) is 285 cm³/mol. The molecular formula is C53H70N8O11S2. The number of carbonyl (C=O) groups is 2. The summed E-state index contributed by atoms with van der Waals surface area (Å²) in [5, 5.41) is 13.4. The third kappa shape index (κ3) is 12.7. The van der Waals surface area contributed by atoms with E-state index in [0.29, 0.717) is 65.7 Å². The number of nitrogens with two attached hydrogens (primary N) is 1. The summed E-state index contributed by atoms with van der Waals surface area (Å²) in [4.78, 5) is 32.7. The maximum Gasteiger partial charge on any atom is 0.303 e. The molecule has 4 N–H and O–H groups in total. The van der Waals surface area contributed by atoms with Gasteiger partial charge in [-0.3, -0.25) is 18.2 Å². The Morgan fingerprint density at radius 3 is 1.57 bits per heavy atom. The van der Waals surface area contributed by atoms with Gasteiger partial charge in [-0.2, -0.15) is 0 Å². The van der Waals surface area contributed by atoms with Crippen molar-refractivity contribution in [3.05, 3.63) is 96.6 Å². The van der Waals surface area contributed by atoms with Crippen LogP contribution in [0, 0.1) is 11.8 Å². The number of carbonyl (C=O) groups excluding carboxylic acids is 2. The monoisotopic (exact) mass is 1060 g/mol. The largest absolute Gasteiger partial charge is 0.456 e. The first kappa shape index (κ1) is 55.6. The van der Waals surface area contributed by atoms with Crippen LogP contribution in [0.3, 0.4) is 0 Å². The minimum absolute atomic E-state index is 0.0506. The summed E-state index contributed by atoms with van der Waals surface area (Å²) in [6, 6.07) is 23.0. The standard InChI is InChI=1S/C28H36N4O7S.C25H34N4O4S/c1-5-32(40(36,37)23-9-6-21(7-10-23)29-26(34)18-39-19(2)33)22-8-11-25-24(16-22)30-27(28(3,4)35)31(25)17-20-12-14-38-15-13-20;1-5-29(34(30,31)21-9-6-19(26)7-10-21)20-8-11-23-22(16-20)27-24(25(2,3)32-4)28(23)17-18-12-14-33-15-13-18/h6-11,16,20,35H,5,12-15,17-18H2,1-4H3,(H,29,34);6-11,16,18H,5,12-15,17,26H2,1-4H3. The molecule has 2 aliphatic rings. The van der Waals surface area contributed by atoms with Gasteiger partial charge in [0, 0.05) is 78.0 Å². The first-order chi connectivity index (χ1) is 35.1. The lowest BCUT2D eigenvalue weighted by Crippen LogP contribution is -2.30. The zero-order chi connectivity index (χ0) is 53.6. The number of methoxy groups -OCH3 is 1. The number of nitrogens with one attached hydrogen (secondary N) is 1. The fraction of sp³-hybridized carbons (Fsp3) is 0.472. The fourth-order valence-corrected chi connectivity index (χ4v) is 12.2. The summed E-state index contributed by atoms with van der Waals surface area (Å²) in [6.45, 7) is 16.7. The Balaban J connectivity index is 0.000000219. The molecule has 19 nitrogen and oxygen atoms in total. The molecule has 0 spiro atoms. The first-order valence-corrected chi connectivity index (χ1v) is 27.8. The number of aromatic nitrogens is 4. The second-order valence-corrected chi connectivity index (χ2v) is 23.3. The lowest BCUT2D eigenvalue weighted by atomic mass is 9.99. The van der Waals surface area contributed by atoms with E-state index in [9.17, 15) is 31.5 Å². The average Bonchev–Trinajstić information content (AvgIpc) is 3.93. The van der Waals surface area contributed by atoms with Crippen molar-refractivity contribution >= 4 is 76.7 Å². The van der Waals surface area contributed by atoms with E-state index in [1.54, 1.807) is 52.1 Å². The van der Waals surface area contributed by atoms with E-state index in [-0.39, 0.29) is 22.9 Å². The van der Waals surface area contributed by atoms with Gasteiger partial charge in [-0.25, -0.2) is 26.8 Å². The molecule has 1 amide bonds. The molecule has 4 heterocycles. The first-order valence-electron chi connectivity index (χ1n) is 25.0. The minimum atomic E-state index is -3.94. The van der Waals surface area contributed by atoms with Crippen LogP contribution >= 0.6 is 0 Å². The highest BCUT2D eigenvalue weighted by atomic mass is 32.2. The molecule has 400 valence electrons. The Labute approximate surface area is 434 Å². The predicted octanol–water partition coefficient (Wildman–Crippen LogP) is 7.55. The van der Waals surface area contributed by atoms with Gasteiger partial charge in [0.25, 0.3) is 26.0 Å². The molecule has 8 rings (SSSR count). The Kier molecular flexibility index (Phi) is 17.4. The maximum atomic E-state index is 13.6. The van der Waals surface area contributed by atoms with Gasteiger partial charge in [0.05, 0.1) is 43.2 Å². The highest BCUT2D eigenvalue weighted by molar-refractivity contribution is 7.93. The summed E-state index contributed by atoms with van der Waals surface area (Å²) < 4.78 is 82.4. The summed E-state index contributed by atoms with van der Waals surface area (Å²) in [7, 11) is -6.00. The molecule has 2 saturated heterocycles. The second-order valence-electron chi connectivity index (χ2n) is 19.6. The second kappa shape index (κ2) is 23.2. The van der Waals surface area contributed by atoms with E-state index in [1.165, 1.54) is 51.9 Å². The van der Waals surface area contributed by atoms with Gasteiger partial charge < -0.3 is 44.2 Å². The molecule has 0 bridgehead atoms. The van der Waals surface area contributed by atoms with Crippen LogP contribution in [0.25, 0.3) is 22.1 Å². The van der Waals surface area contributed by atoms with Crippen molar-refractivity contribution in [2.75, 3.05) is 72.9 Å². The number of aliphatic hydroxyl groups is 1. The minimum Gasteiger partial charge on any atom is -0.456 e. The number of sulfonamides is 2. The van der Waals surface area contributed by atoms with Crippen LogP contribution in [0.15, 0.2) is 94.7 Å². The molecule has 2 aliphatic heterocycles. The van der Waals surface area contributed by atoms with Gasteiger partial charge in [-0.1, -0.05) is 0 Å². The SMILES string of the molecule is CCN(c1ccc2c(c1)nc(C(C)(C)O)n2CC1CCOCC1)S(=O)(=O)c1ccc(NC(=O)COC(C)=O)cc1.CCN(c1ccc2c(c1)nc(C(C)(C)OC)n2CC1CCOCC1)S(=O)(=O)c1ccc(N)cc1. The Bertz CT molecular complexity index is 3140. The van der Waals surface area contributed by atoms with Crippen molar-refractivity contribution < 1.29 is 50.5 Å². The van der Waals surface area contributed by atoms with Gasteiger partial charge in [0.15, 0.2) is 6.61 Å². The van der Waals surface area contributed by atoms with Gasteiger partial charge in [0.1, 0.15) is 22.9 Å². The quantitative estimate of drug-likeness (QED) is 0.0557. The smallest absolute Gasteiger partial charge is 0.303 e. The van der Waals surface area contributed by atoms with Crippen LogP contribution in [-0.4, -0.2) is 106 Å². The number of hydrogen-bond donors (Lipinski definition) is 3. The average molecular weight is 1060 g/mol. The zero-order valence-electron chi connectivity index (χ0n) is 43.5. The summed E-state index contributed by atoms with van der Waals surface area (Å²) >= 11 is 0. The summed E-state index contributed by atoms with van der Waals surface area (Å²) in [5.41, 5.74) is 9.02. The number of esters is 1. The number of anilines is 4. The number of ether oxygens (including phenoxy) is 4. The molecule has 6 aromatic rings. The fourth-order valence-electron chi connectivity index (χ4n) is 9.26. The van der Waals surface area contributed by atoms with Crippen LogP contribution in [0.4, 0.5) is 22.7 Å². The number of imidazole rings is 2. The molecule has 21 heteroatoms. The lowest BCUT2D eigenvalue weighted by Gasteiger charge is -2.27. The van der Waals surface area contributed by atoms with E-state index in [1.807, 2.05) is 49.6 Å². The molecule has 0 saturated carbocycles. The maximum absolute atomic E-state index is 13.6. The molecule has 0 aliphatic carbocycles. The molecule has 0 radical (unpaired) electrons. The summed E-state index contributed by atoms with van der Waals surface area (Å²) in [5.74, 6) is 1.15. The van der Waals surface area contributed by atoms with Crippen LogP contribution in [0.5, 0.6) is 0 Å². The Morgan fingerprint density at radius 2 is 1.15 bits per heavy atom. The molecular weight excluding hydrogens is 989 g/mol. The van der Waals surface area contributed by atoms with Gasteiger partial charge in [-0.15, -0.1) is 0 Å². The zero-order valence-corrected chi connectivity index (χ0v) is 45.2.